The number of rotatable bonds is 6. The van der Waals surface area contributed by atoms with Gasteiger partial charge in [-0.05, 0) is 50.2 Å². The summed E-state index contributed by atoms with van der Waals surface area (Å²) in [4.78, 5) is 12.2. The van der Waals surface area contributed by atoms with Crippen molar-refractivity contribution in [3.8, 4) is 11.5 Å². The van der Waals surface area contributed by atoms with E-state index < -0.39 is 10.0 Å². The van der Waals surface area contributed by atoms with E-state index in [-0.39, 0.29) is 17.3 Å². The van der Waals surface area contributed by atoms with Crippen LogP contribution >= 0.6 is 0 Å². The standard InChI is InChI=1S/C20H22N2O5S/c1-12(2)19-16-10-15(6-7-17(16)22-20(19)23)28(24,25)21-11-13-9-14(26-3)5-8-18(13)27-4/h5-10,21H,11H2,1-4H3,(H,22,23). The Hall–Kier alpha value is -2.84. The van der Waals surface area contributed by atoms with Gasteiger partial charge in [-0.25, -0.2) is 13.1 Å². The molecule has 2 aromatic carbocycles. The SMILES string of the molecule is COc1ccc(OC)c(CNS(=O)(=O)c2ccc3c(c2)C(=C(C)C)C(=O)N3)c1. The van der Waals surface area contributed by atoms with Crippen LogP contribution in [0.25, 0.3) is 5.57 Å². The number of benzene rings is 2. The van der Waals surface area contributed by atoms with E-state index in [0.29, 0.717) is 33.9 Å². The van der Waals surface area contributed by atoms with Gasteiger partial charge in [-0.3, -0.25) is 4.79 Å². The molecule has 7 nitrogen and oxygen atoms in total. The number of ether oxygens (including phenoxy) is 2. The first-order chi connectivity index (χ1) is 13.3. The lowest BCUT2D eigenvalue weighted by Gasteiger charge is -2.12. The van der Waals surface area contributed by atoms with Crippen LogP contribution in [0.2, 0.25) is 0 Å². The van der Waals surface area contributed by atoms with Gasteiger partial charge in [0.2, 0.25) is 10.0 Å². The Balaban J connectivity index is 1.90. The number of carbonyl (C=O) groups is 1. The number of hydrogen-bond donors (Lipinski definition) is 2. The number of anilines is 1. The lowest BCUT2D eigenvalue weighted by atomic mass is 10.0. The molecule has 0 atom stereocenters. The second-order valence-electron chi connectivity index (χ2n) is 6.54. The molecule has 0 spiro atoms. The zero-order valence-electron chi connectivity index (χ0n) is 16.1. The largest absolute Gasteiger partial charge is 0.497 e. The molecule has 0 radical (unpaired) electrons. The molecule has 1 aliphatic rings. The molecule has 0 saturated carbocycles. The molecule has 0 saturated heterocycles. The quantitative estimate of drug-likeness (QED) is 0.725. The monoisotopic (exact) mass is 402 g/mol. The van der Waals surface area contributed by atoms with Crippen molar-refractivity contribution in [2.75, 3.05) is 19.5 Å². The molecule has 1 heterocycles. The van der Waals surface area contributed by atoms with Crippen molar-refractivity contribution < 1.29 is 22.7 Å². The minimum atomic E-state index is -3.80. The molecule has 8 heteroatoms. The molecule has 1 amide bonds. The Morgan fingerprint density at radius 1 is 1.07 bits per heavy atom. The Labute approximate surface area is 164 Å². The van der Waals surface area contributed by atoms with Gasteiger partial charge in [0.25, 0.3) is 5.91 Å². The maximum absolute atomic E-state index is 12.8. The number of nitrogens with one attached hydrogen (secondary N) is 2. The molecular formula is C20H22N2O5S. The van der Waals surface area contributed by atoms with E-state index >= 15 is 0 Å². The molecule has 0 unspecified atom stereocenters. The third-order valence-corrected chi connectivity index (χ3v) is 5.89. The van der Waals surface area contributed by atoms with Gasteiger partial charge in [-0.2, -0.15) is 0 Å². The highest BCUT2D eigenvalue weighted by atomic mass is 32.2. The summed E-state index contributed by atoms with van der Waals surface area (Å²) in [6, 6.07) is 9.76. The first-order valence-corrected chi connectivity index (χ1v) is 10.1. The molecule has 2 N–H and O–H groups in total. The molecule has 3 rings (SSSR count). The summed E-state index contributed by atoms with van der Waals surface area (Å²) in [5.41, 5.74) is 3.16. The fourth-order valence-electron chi connectivity index (χ4n) is 3.09. The van der Waals surface area contributed by atoms with Crippen LogP contribution < -0.4 is 19.5 Å². The lowest BCUT2D eigenvalue weighted by Crippen LogP contribution is -2.23. The first kappa shape index (κ1) is 19.9. The Morgan fingerprint density at radius 3 is 2.46 bits per heavy atom. The molecule has 0 aliphatic carbocycles. The summed E-state index contributed by atoms with van der Waals surface area (Å²) >= 11 is 0. The lowest BCUT2D eigenvalue weighted by molar-refractivity contribution is -0.110. The topological polar surface area (TPSA) is 93.7 Å². The van der Waals surface area contributed by atoms with Crippen molar-refractivity contribution in [1.82, 2.24) is 4.72 Å². The van der Waals surface area contributed by atoms with Crippen molar-refractivity contribution in [3.63, 3.8) is 0 Å². The fourth-order valence-corrected chi connectivity index (χ4v) is 4.12. The van der Waals surface area contributed by atoms with Gasteiger partial charge in [-0.1, -0.05) is 5.57 Å². The molecular weight excluding hydrogens is 380 g/mol. The van der Waals surface area contributed by atoms with Gasteiger partial charge in [0.1, 0.15) is 11.5 Å². The van der Waals surface area contributed by atoms with Gasteiger partial charge in [0.05, 0.1) is 19.1 Å². The van der Waals surface area contributed by atoms with Crippen molar-refractivity contribution in [2.24, 2.45) is 0 Å². The average molecular weight is 402 g/mol. The first-order valence-electron chi connectivity index (χ1n) is 8.60. The summed E-state index contributed by atoms with van der Waals surface area (Å²) in [6.45, 7) is 3.67. The predicted molar refractivity (Wildman–Crippen MR) is 107 cm³/mol. The average Bonchev–Trinajstić information content (AvgIpc) is 3.01. The highest BCUT2D eigenvalue weighted by molar-refractivity contribution is 7.89. The van der Waals surface area contributed by atoms with E-state index in [2.05, 4.69) is 10.0 Å². The van der Waals surface area contributed by atoms with Crippen molar-refractivity contribution >= 4 is 27.2 Å². The zero-order valence-corrected chi connectivity index (χ0v) is 16.9. The van der Waals surface area contributed by atoms with E-state index in [9.17, 15) is 13.2 Å². The van der Waals surface area contributed by atoms with Crippen LogP contribution in [0, 0.1) is 0 Å². The van der Waals surface area contributed by atoms with E-state index in [1.165, 1.54) is 26.4 Å². The summed E-state index contributed by atoms with van der Waals surface area (Å²) in [7, 11) is -0.742. The molecule has 1 aliphatic heterocycles. The highest BCUT2D eigenvalue weighted by Gasteiger charge is 2.27. The van der Waals surface area contributed by atoms with Crippen LogP contribution in [0.3, 0.4) is 0 Å². The highest BCUT2D eigenvalue weighted by Crippen LogP contribution is 2.35. The van der Waals surface area contributed by atoms with E-state index in [1.807, 2.05) is 13.8 Å². The molecule has 28 heavy (non-hydrogen) atoms. The molecule has 0 bridgehead atoms. The maximum Gasteiger partial charge on any atom is 0.256 e. The third kappa shape index (κ3) is 3.74. The smallest absolute Gasteiger partial charge is 0.256 e. The number of carbonyl (C=O) groups excluding carboxylic acids is 1. The number of sulfonamides is 1. The number of fused-ring (bicyclic) bond motifs is 1. The van der Waals surface area contributed by atoms with Crippen LogP contribution in [0.15, 0.2) is 46.9 Å². The van der Waals surface area contributed by atoms with Crippen molar-refractivity contribution in [3.05, 3.63) is 53.1 Å². The van der Waals surface area contributed by atoms with Crippen molar-refractivity contribution in [1.29, 1.82) is 0 Å². The molecule has 0 fully saturated rings. The normalized spacial score (nSPS) is 13.1. The van der Waals surface area contributed by atoms with E-state index in [4.69, 9.17) is 9.47 Å². The maximum atomic E-state index is 12.8. The summed E-state index contributed by atoms with van der Waals surface area (Å²) < 4.78 is 38.7. The summed E-state index contributed by atoms with van der Waals surface area (Å²) in [5.74, 6) is 0.933. The van der Waals surface area contributed by atoms with Gasteiger partial charge in [0.15, 0.2) is 0 Å². The minimum absolute atomic E-state index is 0.0342. The second-order valence-corrected chi connectivity index (χ2v) is 8.31. The predicted octanol–water partition coefficient (Wildman–Crippen LogP) is 2.93. The Morgan fingerprint density at radius 2 is 1.82 bits per heavy atom. The van der Waals surface area contributed by atoms with Crippen LogP contribution in [0.5, 0.6) is 11.5 Å². The fraction of sp³-hybridized carbons (Fsp3) is 0.250. The summed E-state index contributed by atoms with van der Waals surface area (Å²) in [6.07, 6.45) is 0. The van der Waals surface area contributed by atoms with Gasteiger partial charge in [0, 0.05) is 28.9 Å². The third-order valence-electron chi connectivity index (χ3n) is 4.49. The number of amides is 1. The van der Waals surface area contributed by atoms with Crippen LogP contribution in [0.1, 0.15) is 25.0 Å². The Bertz CT molecular complexity index is 1070. The number of allylic oxidation sites excluding steroid dienone is 1. The second kappa shape index (κ2) is 7.65. The van der Waals surface area contributed by atoms with Crippen LogP contribution in [-0.4, -0.2) is 28.5 Å². The number of methoxy groups -OCH3 is 2. The van der Waals surface area contributed by atoms with Gasteiger partial charge >= 0.3 is 0 Å². The summed E-state index contributed by atoms with van der Waals surface area (Å²) in [5, 5.41) is 2.75. The van der Waals surface area contributed by atoms with Crippen LogP contribution in [-0.2, 0) is 21.4 Å². The number of hydrogen-bond acceptors (Lipinski definition) is 5. The van der Waals surface area contributed by atoms with Gasteiger partial charge in [-0.15, -0.1) is 0 Å². The van der Waals surface area contributed by atoms with Gasteiger partial charge < -0.3 is 14.8 Å². The Kier molecular flexibility index (Phi) is 5.44. The van der Waals surface area contributed by atoms with E-state index in [1.54, 1.807) is 24.3 Å². The molecule has 0 aromatic heterocycles. The molecule has 148 valence electrons. The minimum Gasteiger partial charge on any atom is -0.497 e. The zero-order chi connectivity index (χ0) is 20.5. The molecule has 2 aromatic rings. The van der Waals surface area contributed by atoms with Crippen LogP contribution in [0.4, 0.5) is 5.69 Å². The van der Waals surface area contributed by atoms with E-state index in [0.717, 1.165) is 5.57 Å². The van der Waals surface area contributed by atoms with Crippen molar-refractivity contribution in [2.45, 2.75) is 25.3 Å².